The number of carbonyl (C=O) groups excluding carboxylic acids is 2. The number of oxime groups is 1. The molecule has 2 fully saturated rings. The number of unbranched alkanes of at least 4 members (excludes halogenated alkanes) is 8. The van der Waals surface area contributed by atoms with E-state index in [1.807, 2.05) is 0 Å². The summed E-state index contributed by atoms with van der Waals surface area (Å²) >= 11 is 8.70. The lowest BCUT2D eigenvalue weighted by Gasteiger charge is -2.46. The highest BCUT2D eigenvalue weighted by Crippen LogP contribution is 2.49. The number of piperidine rings is 1. The molecule has 8 nitrogen and oxygen atoms in total. The average Bonchev–Trinajstić information content (AvgIpc) is 3.37. The Hall–Kier alpha value is -2.27. The third-order valence-corrected chi connectivity index (χ3v) is 11.5. The fourth-order valence-electron chi connectivity index (χ4n) is 8.64. The van der Waals surface area contributed by atoms with Gasteiger partial charge in [0.05, 0.1) is 18.3 Å². The Labute approximate surface area is 325 Å². The van der Waals surface area contributed by atoms with Crippen molar-refractivity contribution in [1.82, 2.24) is 15.1 Å². The van der Waals surface area contributed by atoms with Gasteiger partial charge >= 0.3 is 5.97 Å². The zero-order chi connectivity index (χ0) is 37.1. The lowest BCUT2D eigenvalue weighted by Crippen LogP contribution is -2.54. The normalized spacial score (nSPS) is 21.9. The highest BCUT2D eigenvalue weighted by atomic mass is 32.1. The summed E-state index contributed by atoms with van der Waals surface area (Å²) in [7, 11) is 1.63. The summed E-state index contributed by atoms with van der Waals surface area (Å²) in [5, 5.41) is 10.1. The number of rotatable bonds is 25. The summed E-state index contributed by atoms with van der Waals surface area (Å²) in [6, 6.07) is 15.7. The van der Waals surface area contributed by atoms with E-state index in [4.69, 9.17) is 9.57 Å². The van der Waals surface area contributed by atoms with Crippen LogP contribution in [0.4, 0.5) is 0 Å². The van der Waals surface area contributed by atoms with Gasteiger partial charge in [0, 0.05) is 55.9 Å². The highest BCUT2D eigenvalue weighted by molar-refractivity contribution is 7.80. The van der Waals surface area contributed by atoms with Crippen LogP contribution in [0.25, 0.3) is 10.8 Å². The first-order chi connectivity index (χ1) is 25.4. The van der Waals surface area contributed by atoms with Crippen molar-refractivity contribution in [2.45, 2.75) is 128 Å². The first-order valence-electron chi connectivity index (χ1n) is 20.2. The monoisotopic (exact) mass is 754 g/mol. The van der Waals surface area contributed by atoms with Gasteiger partial charge in [-0.25, -0.2) is 0 Å². The molecule has 10 heteroatoms. The summed E-state index contributed by atoms with van der Waals surface area (Å²) in [6.07, 6.45) is 14.7. The van der Waals surface area contributed by atoms with Gasteiger partial charge in [0.15, 0.2) is 0 Å². The number of nitrogens with zero attached hydrogens (tertiary/aromatic N) is 3. The smallest absolute Gasteiger partial charge is 0.306 e. The molecule has 2 heterocycles. The van der Waals surface area contributed by atoms with E-state index in [9.17, 15) is 9.59 Å². The SMILES string of the molecule is CCCCCCCCCCCC(=O)OC1CC2C[C@@H](c3ccc4ccccc4c3)[C@H](/C(CC)=N/OC)C1N2CCCN(CCS)CC(=O)NCCS. The van der Waals surface area contributed by atoms with Crippen molar-refractivity contribution in [2.24, 2.45) is 11.1 Å². The molecule has 2 aliphatic rings. The second-order valence-corrected chi connectivity index (χ2v) is 15.6. The van der Waals surface area contributed by atoms with Crippen molar-refractivity contribution in [2.75, 3.05) is 51.3 Å². The molecule has 52 heavy (non-hydrogen) atoms. The molecule has 0 saturated carbocycles. The standard InChI is InChI=1S/C42H66N4O4S2/c1-4-6-7-8-9-10-11-12-13-19-40(48)50-38-30-35-29-36(34-21-20-32-17-14-15-18-33(32)28-34)41(37(5-2)44-49-3)42(38)46(35)24-16-23-45(25-27-52)31-39(47)43-22-26-51/h14-15,17-18,20-21,28,35-36,38,41-42,51-52H,4-13,16,19,22-27,29-31H2,1-3H3,(H,43,47)/b44-37+/t35?,36-,38?,41+,42?/m0/s1. The van der Waals surface area contributed by atoms with Crippen LogP contribution in [-0.2, 0) is 19.2 Å². The van der Waals surface area contributed by atoms with Crippen molar-refractivity contribution in [3.05, 3.63) is 48.0 Å². The molecular weight excluding hydrogens is 689 g/mol. The molecule has 0 aromatic heterocycles. The number of nitrogens with one attached hydrogen (secondary N) is 1. The number of benzene rings is 2. The largest absolute Gasteiger partial charge is 0.461 e. The van der Waals surface area contributed by atoms with Crippen molar-refractivity contribution >= 4 is 53.6 Å². The molecule has 290 valence electrons. The van der Waals surface area contributed by atoms with Gasteiger partial charge in [-0.3, -0.25) is 19.4 Å². The summed E-state index contributed by atoms with van der Waals surface area (Å²) in [5.41, 5.74) is 2.33. The fraction of sp³-hybridized carbons (Fsp3) is 0.690. The van der Waals surface area contributed by atoms with E-state index in [0.717, 1.165) is 63.9 Å². The molecule has 2 aromatic carbocycles. The molecule has 2 bridgehead atoms. The van der Waals surface area contributed by atoms with Gasteiger partial charge < -0.3 is 14.9 Å². The lowest BCUT2D eigenvalue weighted by atomic mass is 9.72. The molecule has 5 atom stereocenters. The molecule has 0 spiro atoms. The summed E-state index contributed by atoms with van der Waals surface area (Å²) in [6.45, 7) is 7.72. The molecule has 1 amide bonds. The molecule has 2 aliphatic heterocycles. The maximum atomic E-state index is 13.5. The zero-order valence-electron chi connectivity index (χ0n) is 32.1. The van der Waals surface area contributed by atoms with Crippen molar-refractivity contribution in [1.29, 1.82) is 0 Å². The van der Waals surface area contributed by atoms with Crippen LogP contribution in [0.5, 0.6) is 0 Å². The number of hydrogen-bond donors (Lipinski definition) is 3. The van der Waals surface area contributed by atoms with Crippen LogP contribution in [0.1, 0.15) is 115 Å². The third-order valence-electron chi connectivity index (χ3n) is 11.1. The van der Waals surface area contributed by atoms with E-state index >= 15 is 0 Å². The van der Waals surface area contributed by atoms with Gasteiger partial charge in [-0.05, 0) is 54.5 Å². The van der Waals surface area contributed by atoms with Crippen molar-refractivity contribution in [3.63, 3.8) is 0 Å². The zero-order valence-corrected chi connectivity index (χ0v) is 33.9. The predicted molar refractivity (Wildman–Crippen MR) is 222 cm³/mol. The first kappa shape index (κ1) is 42.5. The topological polar surface area (TPSA) is 83.5 Å². The molecule has 3 unspecified atom stereocenters. The van der Waals surface area contributed by atoms with Crippen LogP contribution in [0.15, 0.2) is 47.6 Å². The van der Waals surface area contributed by atoms with Gasteiger partial charge in [0.1, 0.15) is 13.2 Å². The quantitative estimate of drug-likeness (QED) is 0.0311. The van der Waals surface area contributed by atoms with Crippen LogP contribution >= 0.6 is 25.3 Å². The predicted octanol–water partition coefficient (Wildman–Crippen LogP) is 8.30. The summed E-state index contributed by atoms with van der Waals surface area (Å²) in [4.78, 5) is 36.3. The Balaban J connectivity index is 1.51. The second kappa shape index (κ2) is 23.5. The second-order valence-electron chi connectivity index (χ2n) is 14.7. The molecule has 0 radical (unpaired) electrons. The van der Waals surface area contributed by atoms with Crippen molar-refractivity contribution < 1.29 is 19.2 Å². The van der Waals surface area contributed by atoms with E-state index in [2.05, 4.69) is 102 Å². The number of hydrogen-bond acceptors (Lipinski definition) is 9. The Morgan fingerprint density at radius 2 is 1.63 bits per heavy atom. The number of thiol groups is 2. The Bertz CT molecular complexity index is 1390. The number of amides is 1. The number of ether oxygens (including phenoxy) is 1. The third kappa shape index (κ3) is 12.7. The average molecular weight is 755 g/mol. The minimum Gasteiger partial charge on any atom is -0.461 e. The maximum Gasteiger partial charge on any atom is 0.306 e. The molecule has 2 aromatic rings. The lowest BCUT2D eigenvalue weighted by molar-refractivity contribution is -0.151. The summed E-state index contributed by atoms with van der Waals surface area (Å²) in [5.74, 6) is 1.52. The van der Waals surface area contributed by atoms with Crippen molar-refractivity contribution in [3.8, 4) is 0 Å². The molecule has 2 saturated heterocycles. The van der Waals surface area contributed by atoms with Crippen LogP contribution in [-0.4, -0.2) is 96.9 Å². The van der Waals surface area contributed by atoms with E-state index < -0.39 is 0 Å². The Morgan fingerprint density at radius 1 is 0.904 bits per heavy atom. The molecule has 4 rings (SSSR count). The van der Waals surface area contributed by atoms with Gasteiger partial charge in [0.25, 0.3) is 0 Å². The summed E-state index contributed by atoms with van der Waals surface area (Å²) < 4.78 is 6.49. The minimum atomic E-state index is -0.208. The van der Waals surface area contributed by atoms with Gasteiger partial charge in [-0.1, -0.05) is 113 Å². The highest BCUT2D eigenvalue weighted by Gasteiger charge is 2.55. The van der Waals surface area contributed by atoms with Gasteiger partial charge in [-0.2, -0.15) is 25.3 Å². The Kier molecular flexibility index (Phi) is 19.2. The van der Waals surface area contributed by atoms with Crippen LogP contribution in [0, 0.1) is 5.92 Å². The van der Waals surface area contributed by atoms with E-state index in [0.29, 0.717) is 31.0 Å². The maximum absolute atomic E-state index is 13.5. The molecular formula is C42H66N4O4S2. The van der Waals surface area contributed by atoms with Crippen LogP contribution in [0.2, 0.25) is 0 Å². The van der Waals surface area contributed by atoms with Gasteiger partial charge in [-0.15, -0.1) is 0 Å². The van der Waals surface area contributed by atoms with Crippen LogP contribution in [0.3, 0.4) is 0 Å². The van der Waals surface area contributed by atoms with E-state index in [1.165, 1.54) is 61.3 Å². The number of fused-ring (bicyclic) bond motifs is 3. The number of esters is 1. The van der Waals surface area contributed by atoms with E-state index in [-0.39, 0.29) is 41.9 Å². The fourth-order valence-corrected chi connectivity index (χ4v) is 9.03. The van der Waals surface area contributed by atoms with Gasteiger partial charge in [0.2, 0.25) is 5.91 Å². The van der Waals surface area contributed by atoms with Crippen LogP contribution < -0.4 is 5.32 Å². The minimum absolute atomic E-state index is 0.00634. The molecule has 1 N–H and O–H groups in total. The first-order valence-corrected chi connectivity index (χ1v) is 21.4. The van der Waals surface area contributed by atoms with E-state index in [1.54, 1.807) is 7.11 Å². The number of carbonyl (C=O) groups is 2. The molecule has 0 aliphatic carbocycles. The Morgan fingerprint density at radius 3 is 2.33 bits per heavy atom.